The van der Waals surface area contributed by atoms with Gasteiger partial charge in [0.25, 0.3) is 0 Å². The molecule has 1 aromatic rings. The third-order valence-electron chi connectivity index (χ3n) is 4.73. The average molecular weight is 446 g/mol. The van der Waals surface area contributed by atoms with Crippen LogP contribution in [0.3, 0.4) is 0 Å². The molecule has 0 saturated heterocycles. The first kappa shape index (κ1) is 26.2. The summed E-state index contributed by atoms with van der Waals surface area (Å²) in [6.07, 6.45) is 6.69. The molecule has 0 aromatic heterocycles. The lowest BCUT2D eigenvalue weighted by molar-refractivity contribution is -0.116. The van der Waals surface area contributed by atoms with Crippen molar-refractivity contribution in [3.63, 3.8) is 0 Å². The van der Waals surface area contributed by atoms with Crippen LogP contribution in [-0.2, 0) is 18.6 Å². The number of benzene rings is 1. The molecule has 6 nitrogen and oxygen atoms in total. The molecule has 1 rings (SSSR count). The average Bonchev–Trinajstić information content (AvgIpc) is 2.69. The summed E-state index contributed by atoms with van der Waals surface area (Å²) in [6, 6.07) is 5.72. The molecule has 0 radical (unpaired) electrons. The number of rotatable bonds is 15. The summed E-state index contributed by atoms with van der Waals surface area (Å²) >= 11 is 1.82. The number of ether oxygens (including phenoxy) is 1. The maximum absolute atomic E-state index is 12.1. The van der Waals surface area contributed by atoms with Crippen LogP contribution < -0.4 is 5.32 Å². The molecule has 0 aliphatic heterocycles. The SMILES string of the molecule is COC(C)c1cc(NC(=O)CCCOP(=O)(O)CCCCCCSC)ccc1C. The normalized spacial score (nSPS) is 14.4. The Morgan fingerprint density at radius 1 is 1.24 bits per heavy atom. The Kier molecular flexibility index (Phi) is 12.8. The maximum atomic E-state index is 12.1. The van der Waals surface area contributed by atoms with Crippen LogP contribution in [0.5, 0.6) is 0 Å². The second kappa shape index (κ2) is 14.2. The Morgan fingerprint density at radius 3 is 2.66 bits per heavy atom. The Labute approximate surface area is 179 Å². The number of aryl methyl sites for hydroxylation is 1. The Balaban J connectivity index is 2.29. The predicted octanol–water partition coefficient (Wildman–Crippen LogP) is 5.55. The van der Waals surface area contributed by atoms with E-state index in [0.29, 0.717) is 12.8 Å². The molecule has 0 aliphatic carbocycles. The fourth-order valence-corrected chi connectivity index (χ4v) is 4.58. The fraction of sp³-hybridized carbons (Fsp3) is 0.667. The van der Waals surface area contributed by atoms with Gasteiger partial charge in [0.2, 0.25) is 5.91 Å². The van der Waals surface area contributed by atoms with Crippen LogP contribution in [-0.4, -0.2) is 42.7 Å². The van der Waals surface area contributed by atoms with E-state index in [-0.39, 0.29) is 31.2 Å². The van der Waals surface area contributed by atoms with Crippen molar-refractivity contribution in [1.82, 2.24) is 0 Å². The molecule has 2 atom stereocenters. The van der Waals surface area contributed by atoms with E-state index < -0.39 is 7.60 Å². The largest absolute Gasteiger partial charge is 0.377 e. The number of unbranched alkanes of at least 4 members (excludes halogenated alkanes) is 3. The van der Waals surface area contributed by atoms with Crippen LogP contribution in [0.2, 0.25) is 0 Å². The van der Waals surface area contributed by atoms with Crippen molar-refractivity contribution in [3.05, 3.63) is 29.3 Å². The summed E-state index contributed by atoms with van der Waals surface area (Å²) in [6.45, 7) is 4.07. The molecular formula is C21H36NO5PS. The van der Waals surface area contributed by atoms with Crippen molar-refractivity contribution in [2.45, 2.75) is 58.5 Å². The minimum atomic E-state index is -3.55. The van der Waals surface area contributed by atoms with Crippen LogP contribution in [0.4, 0.5) is 5.69 Å². The Morgan fingerprint density at radius 2 is 1.97 bits per heavy atom. The lowest BCUT2D eigenvalue weighted by Crippen LogP contribution is -2.13. The number of amides is 1. The lowest BCUT2D eigenvalue weighted by atomic mass is 10.0. The maximum Gasteiger partial charge on any atom is 0.328 e. The van der Waals surface area contributed by atoms with Crippen molar-refractivity contribution in [2.24, 2.45) is 0 Å². The number of thioether (sulfide) groups is 1. The third kappa shape index (κ3) is 11.2. The van der Waals surface area contributed by atoms with E-state index in [0.717, 1.165) is 41.8 Å². The molecule has 1 aromatic carbocycles. The summed E-state index contributed by atoms with van der Waals surface area (Å²) in [4.78, 5) is 22.0. The first-order chi connectivity index (χ1) is 13.8. The molecular weight excluding hydrogens is 409 g/mol. The molecule has 1 amide bonds. The van der Waals surface area contributed by atoms with Gasteiger partial charge < -0.3 is 19.5 Å². The molecule has 2 N–H and O–H groups in total. The van der Waals surface area contributed by atoms with Crippen LogP contribution in [0.25, 0.3) is 0 Å². The molecule has 0 fully saturated rings. The second-order valence-corrected chi connectivity index (χ2v) is 10.2. The Bertz CT molecular complexity index is 670. The topological polar surface area (TPSA) is 84.9 Å². The van der Waals surface area contributed by atoms with Gasteiger partial charge in [-0.3, -0.25) is 9.36 Å². The van der Waals surface area contributed by atoms with E-state index in [4.69, 9.17) is 9.26 Å². The summed E-state index contributed by atoms with van der Waals surface area (Å²) in [7, 11) is -1.90. The standard InChI is InChI=1S/C21H36NO5PS/c1-17-11-12-19(16-20(17)18(2)26-3)22-21(23)10-9-13-27-28(24,25)14-7-5-6-8-15-29-4/h11-12,16,18H,5-10,13-15H2,1-4H3,(H,22,23)(H,24,25). The van der Waals surface area contributed by atoms with E-state index in [9.17, 15) is 14.3 Å². The number of hydrogen-bond donors (Lipinski definition) is 2. The molecule has 8 heteroatoms. The van der Waals surface area contributed by atoms with Gasteiger partial charge in [0.1, 0.15) is 0 Å². The summed E-state index contributed by atoms with van der Waals surface area (Å²) in [5.74, 6) is 0.986. The highest BCUT2D eigenvalue weighted by Gasteiger charge is 2.18. The predicted molar refractivity (Wildman–Crippen MR) is 122 cm³/mol. The van der Waals surface area contributed by atoms with Crippen molar-refractivity contribution >= 4 is 31.0 Å². The van der Waals surface area contributed by atoms with E-state index >= 15 is 0 Å². The van der Waals surface area contributed by atoms with Crippen LogP contribution in [0.15, 0.2) is 18.2 Å². The molecule has 166 valence electrons. The van der Waals surface area contributed by atoms with Gasteiger partial charge in [-0.2, -0.15) is 11.8 Å². The highest BCUT2D eigenvalue weighted by molar-refractivity contribution is 7.98. The first-order valence-corrected chi connectivity index (χ1v) is 13.3. The van der Waals surface area contributed by atoms with Gasteiger partial charge in [-0.1, -0.05) is 18.9 Å². The highest BCUT2D eigenvalue weighted by atomic mass is 32.2. The van der Waals surface area contributed by atoms with Crippen molar-refractivity contribution < 1.29 is 23.5 Å². The number of carbonyl (C=O) groups excluding carboxylic acids is 1. The minimum absolute atomic E-state index is 0.0514. The quantitative estimate of drug-likeness (QED) is 0.272. The molecule has 0 heterocycles. The molecule has 29 heavy (non-hydrogen) atoms. The van der Waals surface area contributed by atoms with E-state index in [1.807, 2.05) is 43.8 Å². The highest BCUT2D eigenvalue weighted by Crippen LogP contribution is 2.43. The fourth-order valence-electron chi connectivity index (χ4n) is 2.92. The van der Waals surface area contributed by atoms with Gasteiger partial charge in [-0.25, -0.2) is 0 Å². The number of hydrogen-bond acceptors (Lipinski definition) is 5. The molecule has 0 bridgehead atoms. The van der Waals surface area contributed by atoms with Crippen LogP contribution >= 0.6 is 19.4 Å². The van der Waals surface area contributed by atoms with E-state index in [1.165, 1.54) is 0 Å². The van der Waals surface area contributed by atoms with Crippen molar-refractivity contribution in [2.75, 3.05) is 37.2 Å². The summed E-state index contributed by atoms with van der Waals surface area (Å²) in [5, 5.41) is 2.86. The number of nitrogens with one attached hydrogen (secondary N) is 1. The second-order valence-electron chi connectivity index (χ2n) is 7.20. The van der Waals surface area contributed by atoms with Gasteiger partial charge in [-0.15, -0.1) is 0 Å². The first-order valence-electron chi connectivity index (χ1n) is 10.2. The number of carbonyl (C=O) groups is 1. The van der Waals surface area contributed by atoms with E-state index in [1.54, 1.807) is 7.11 Å². The van der Waals surface area contributed by atoms with Crippen LogP contribution in [0.1, 0.15) is 62.7 Å². The number of methoxy groups -OCH3 is 1. The number of anilines is 1. The van der Waals surface area contributed by atoms with Gasteiger partial charge in [0, 0.05) is 25.4 Å². The van der Waals surface area contributed by atoms with Gasteiger partial charge >= 0.3 is 7.60 Å². The lowest BCUT2D eigenvalue weighted by Gasteiger charge is -2.15. The monoisotopic (exact) mass is 445 g/mol. The zero-order valence-corrected chi connectivity index (χ0v) is 19.8. The molecule has 0 aliphatic rings. The smallest absolute Gasteiger partial charge is 0.328 e. The summed E-state index contributed by atoms with van der Waals surface area (Å²) < 4.78 is 22.5. The molecule has 0 saturated carbocycles. The summed E-state index contributed by atoms with van der Waals surface area (Å²) in [5.41, 5.74) is 2.85. The van der Waals surface area contributed by atoms with Crippen molar-refractivity contribution in [1.29, 1.82) is 0 Å². The van der Waals surface area contributed by atoms with Gasteiger partial charge in [-0.05, 0) is 68.4 Å². The van der Waals surface area contributed by atoms with Gasteiger partial charge in [0.15, 0.2) is 0 Å². The zero-order chi connectivity index (χ0) is 21.7. The van der Waals surface area contributed by atoms with E-state index in [2.05, 4.69) is 11.6 Å². The van der Waals surface area contributed by atoms with Crippen molar-refractivity contribution in [3.8, 4) is 0 Å². The Hall–Kier alpha value is -0.850. The third-order valence-corrected chi connectivity index (χ3v) is 6.90. The zero-order valence-electron chi connectivity index (χ0n) is 18.1. The molecule has 2 unspecified atom stereocenters. The minimum Gasteiger partial charge on any atom is -0.377 e. The van der Waals surface area contributed by atoms with Gasteiger partial charge in [0.05, 0.1) is 12.7 Å². The molecule has 0 spiro atoms. The van der Waals surface area contributed by atoms with Crippen LogP contribution in [0, 0.1) is 6.92 Å².